The average Bonchev–Trinajstić information content (AvgIpc) is 3.28. The van der Waals surface area contributed by atoms with Crippen LogP contribution in [0.1, 0.15) is 37.7 Å². The summed E-state index contributed by atoms with van der Waals surface area (Å²) < 4.78 is 20.9. The Labute approximate surface area is 200 Å². The number of aliphatic carboxylic acids is 1. The van der Waals surface area contributed by atoms with Crippen molar-refractivity contribution in [2.24, 2.45) is 5.92 Å². The maximum atomic E-state index is 15.0. The molecule has 0 unspecified atom stereocenters. The average molecular weight is 471 g/mol. The molecule has 0 radical (unpaired) electrons. The topological polar surface area (TPSA) is 125 Å². The third-order valence-electron chi connectivity index (χ3n) is 6.30. The predicted octanol–water partition coefficient (Wildman–Crippen LogP) is 5.11. The lowest BCUT2D eigenvalue weighted by Crippen LogP contribution is -2.25. The van der Waals surface area contributed by atoms with E-state index < -0.39 is 11.8 Å². The molecule has 2 N–H and O–H groups in total. The van der Waals surface area contributed by atoms with Gasteiger partial charge in [-0.3, -0.25) is 4.79 Å². The number of nitriles is 1. The highest BCUT2D eigenvalue weighted by Gasteiger charge is 2.24. The molecule has 9 heteroatoms. The fourth-order valence-electron chi connectivity index (χ4n) is 4.47. The lowest BCUT2D eigenvalue weighted by atomic mass is 9.85. The second-order valence-corrected chi connectivity index (χ2v) is 8.72. The molecular formula is C26H22FN5O3. The first kappa shape index (κ1) is 22.5. The van der Waals surface area contributed by atoms with Gasteiger partial charge in [0.1, 0.15) is 17.7 Å². The molecule has 0 amide bonds. The molecule has 0 aliphatic heterocycles. The molecule has 8 nitrogen and oxygen atoms in total. The van der Waals surface area contributed by atoms with Crippen molar-refractivity contribution in [2.75, 3.05) is 0 Å². The zero-order valence-corrected chi connectivity index (χ0v) is 18.7. The lowest BCUT2D eigenvalue weighted by molar-refractivity contribution is -0.138. The highest BCUT2D eigenvalue weighted by molar-refractivity contribution is 5.81. The van der Waals surface area contributed by atoms with Gasteiger partial charge >= 0.3 is 5.97 Å². The first-order chi connectivity index (χ1) is 17.0. The molecule has 2 heterocycles. The van der Waals surface area contributed by atoms with Crippen LogP contribution >= 0.6 is 0 Å². The number of nitrogens with zero attached hydrogens (tertiary/aromatic N) is 4. The summed E-state index contributed by atoms with van der Waals surface area (Å²) in [6.07, 6.45) is 6.47. The summed E-state index contributed by atoms with van der Waals surface area (Å²) in [5.41, 5.74) is 3.22. The third-order valence-corrected chi connectivity index (χ3v) is 6.30. The Morgan fingerprint density at radius 2 is 1.97 bits per heavy atom. The molecule has 1 saturated carbocycles. The molecular weight excluding hydrogens is 449 g/mol. The number of hydrogen-bond donors (Lipinski definition) is 2. The van der Waals surface area contributed by atoms with E-state index in [-0.39, 0.29) is 18.4 Å². The van der Waals surface area contributed by atoms with Crippen LogP contribution in [0.15, 0.2) is 48.8 Å². The first-order valence-electron chi connectivity index (χ1n) is 11.4. The van der Waals surface area contributed by atoms with Crippen LogP contribution in [0.3, 0.4) is 0 Å². The highest BCUT2D eigenvalue weighted by Crippen LogP contribution is 2.30. The van der Waals surface area contributed by atoms with E-state index in [1.807, 2.05) is 0 Å². The molecule has 1 aliphatic carbocycles. The highest BCUT2D eigenvalue weighted by atomic mass is 19.1. The Morgan fingerprint density at radius 1 is 1.14 bits per heavy atom. The van der Waals surface area contributed by atoms with Crippen LogP contribution in [0.2, 0.25) is 0 Å². The molecule has 0 bridgehead atoms. The number of aromatic nitrogens is 4. The van der Waals surface area contributed by atoms with Gasteiger partial charge in [-0.05, 0) is 61.9 Å². The van der Waals surface area contributed by atoms with Crippen molar-refractivity contribution in [1.82, 2.24) is 19.9 Å². The molecule has 35 heavy (non-hydrogen) atoms. The third kappa shape index (κ3) is 4.96. The Balaban J connectivity index is 1.27. The van der Waals surface area contributed by atoms with Crippen molar-refractivity contribution in [3.63, 3.8) is 0 Å². The number of imidazole rings is 1. The molecule has 176 valence electrons. The van der Waals surface area contributed by atoms with Crippen molar-refractivity contribution in [3.05, 3.63) is 60.2 Å². The number of aromatic amines is 1. The van der Waals surface area contributed by atoms with E-state index in [0.717, 1.165) is 25.7 Å². The standard InChI is InChI=1S/C26H22FN5O3/c27-20-11-17(4-7-19(20)26-31-21-8-3-16(12-28)9-22(21)32-26)23-13-30-24(14-29-23)35-18-5-1-15(2-6-18)10-25(33)34/h3-4,7-9,11,13-15,18H,1-2,5-6,10H2,(H,31,32)(H,33,34). The first-order valence-corrected chi connectivity index (χ1v) is 11.4. The number of carboxylic acid groups (broad SMARTS) is 1. The van der Waals surface area contributed by atoms with Gasteiger partial charge in [-0.25, -0.2) is 19.3 Å². The van der Waals surface area contributed by atoms with E-state index in [9.17, 15) is 9.18 Å². The Morgan fingerprint density at radius 3 is 2.66 bits per heavy atom. The van der Waals surface area contributed by atoms with E-state index in [1.54, 1.807) is 36.5 Å². The van der Waals surface area contributed by atoms with Crippen LogP contribution in [0.25, 0.3) is 33.7 Å². The van der Waals surface area contributed by atoms with Crippen LogP contribution in [0.5, 0.6) is 5.88 Å². The lowest BCUT2D eigenvalue weighted by Gasteiger charge is -2.27. The quantitative estimate of drug-likeness (QED) is 0.400. The largest absolute Gasteiger partial charge is 0.481 e. The second-order valence-electron chi connectivity index (χ2n) is 8.72. The minimum atomic E-state index is -0.757. The number of hydrogen-bond acceptors (Lipinski definition) is 6. The number of H-pyrrole nitrogens is 1. The summed E-state index contributed by atoms with van der Waals surface area (Å²) in [4.78, 5) is 27.1. The number of halogens is 1. The van der Waals surface area contributed by atoms with E-state index in [0.29, 0.717) is 45.1 Å². The Bertz CT molecular complexity index is 1420. The van der Waals surface area contributed by atoms with Crippen LogP contribution in [-0.4, -0.2) is 37.1 Å². The summed E-state index contributed by atoms with van der Waals surface area (Å²) >= 11 is 0. The maximum absolute atomic E-state index is 15.0. The normalized spacial score (nSPS) is 17.7. The molecule has 4 aromatic rings. The number of nitrogens with one attached hydrogen (secondary N) is 1. The molecule has 2 aromatic carbocycles. The molecule has 0 saturated heterocycles. The zero-order chi connectivity index (χ0) is 24.4. The molecule has 2 aromatic heterocycles. The fraction of sp³-hybridized carbons (Fsp3) is 0.269. The summed E-state index contributed by atoms with van der Waals surface area (Å²) in [5, 5.41) is 18.0. The van der Waals surface area contributed by atoms with Crippen molar-refractivity contribution >= 4 is 17.0 Å². The van der Waals surface area contributed by atoms with E-state index in [4.69, 9.17) is 15.1 Å². The predicted molar refractivity (Wildman–Crippen MR) is 126 cm³/mol. The summed E-state index contributed by atoms with van der Waals surface area (Å²) in [7, 11) is 0. The summed E-state index contributed by atoms with van der Waals surface area (Å²) in [6, 6.07) is 11.9. The van der Waals surface area contributed by atoms with E-state index in [1.165, 1.54) is 12.3 Å². The van der Waals surface area contributed by atoms with Gasteiger partial charge in [-0.1, -0.05) is 6.07 Å². The number of carbonyl (C=O) groups is 1. The van der Waals surface area contributed by atoms with Crippen molar-refractivity contribution < 1.29 is 19.0 Å². The maximum Gasteiger partial charge on any atom is 0.303 e. The molecule has 0 atom stereocenters. The van der Waals surface area contributed by atoms with Gasteiger partial charge in [-0.2, -0.15) is 5.26 Å². The SMILES string of the molecule is N#Cc1ccc2nc(-c3ccc(-c4cnc(OC5CCC(CC(=O)O)CC5)cn4)cc3F)[nH]c2c1. The smallest absolute Gasteiger partial charge is 0.303 e. The zero-order valence-electron chi connectivity index (χ0n) is 18.7. The monoisotopic (exact) mass is 471 g/mol. The van der Waals surface area contributed by atoms with Crippen molar-refractivity contribution in [3.8, 4) is 34.6 Å². The number of benzene rings is 2. The molecule has 5 rings (SSSR count). The number of fused-ring (bicyclic) bond motifs is 1. The number of rotatable bonds is 6. The Kier molecular flexibility index (Phi) is 6.10. The molecule has 0 spiro atoms. The van der Waals surface area contributed by atoms with Gasteiger partial charge in [0.2, 0.25) is 5.88 Å². The van der Waals surface area contributed by atoms with Crippen LogP contribution in [0.4, 0.5) is 4.39 Å². The van der Waals surface area contributed by atoms with Gasteiger partial charge in [-0.15, -0.1) is 0 Å². The van der Waals surface area contributed by atoms with Gasteiger partial charge < -0.3 is 14.8 Å². The minimum absolute atomic E-state index is 0.00929. The van der Waals surface area contributed by atoms with Gasteiger partial charge in [0.25, 0.3) is 0 Å². The Hall–Kier alpha value is -4.32. The van der Waals surface area contributed by atoms with E-state index in [2.05, 4.69) is 26.0 Å². The summed E-state index contributed by atoms with van der Waals surface area (Å²) in [5.74, 6) is -0.235. The van der Waals surface area contributed by atoms with Gasteiger partial charge in [0.15, 0.2) is 0 Å². The van der Waals surface area contributed by atoms with Crippen LogP contribution in [-0.2, 0) is 4.79 Å². The van der Waals surface area contributed by atoms with Gasteiger partial charge in [0, 0.05) is 12.0 Å². The fourth-order valence-corrected chi connectivity index (χ4v) is 4.47. The molecule has 1 aliphatic rings. The van der Waals surface area contributed by atoms with E-state index >= 15 is 0 Å². The van der Waals surface area contributed by atoms with Crippen molar-refractivity contribution in [1.29, 1.82) is 5.26 Å². The summed E-state index contributed by atoms with van der Waals surface area (Å²) in [6.45, 7) is 0. The minimum Gasteiger partial charge on any atom is -0.481 e. The van der Waals surface area contributed by atoms with Crippen LogP contribution < -0.4 is 4.74 Å². The second kappa shape index (κ2) is 9.50. The molecule has 1 fully saturated rings. The number of ether oxygens (including phenoxy) is 1. The van der Waals surface area contributed by atoms with Crippen LogP contribution in [0, 0.1) is 23.1 Å². The van der Waals surface area contributed by atoms with Crippen molar-refractivity contribution in [2.45, 2.75) is 38.2 Å². The number of carboxylic acids is 1. The van der Waals surface area contributed by atoms with Gasteiger partial charge in [0.05, 0.1) is 46.3 Å².